The Bertz CT molecular complexity index is 737. The Morgan fingerprint density at radius 3 is 2.71 bits per heavy atom. The van der Waals surface area contributed by atoms with Crippen LogP contribution in [-0.4, -0.2) is 17.3 Å². The van der Waals surface area contributed by atoms with Gasteiger partial charge in [-0.2, -0.15) is 0 Å². The lowest BCUT2D eigenvalue weighted by atomic mass is 9.88. The third kappa shape index (κ3) is 2.31. The van der Waals surface area contributed by atoms with Crippen LogP contribution in [0.25, 0.3) is 5.57 Å². The molecule has 0 saturated carbocycles. The van der Waals surface area contributed by atoms with Gasteiger partial charge in [0.2, 0.25) is 0 Å². The van der Waals surface area contributed by atoms with Crippen molar-refractivity contribution in [1.29, 1.82) is 0 Å². The molecule has 3 heterocycles. The van der Waals surface area contributed by atoms with Crippen molar-refractivity contribution in [2.45, 2.75) is 22.8 Å². The largest absolute Gasteiger partial charge is 0.316 e. The van der Waals surface area contributed by atoms with Crippen LogP contribution in [0.1, 0.15) is 29.5 Å². The second-order valence-corrected chi connectivity index (χ2v) is 8.06. The van der Waals surface area contributed by atoms with Gasteiger partial charge in [0.25, 0.3) is 0 Å². The van der Waals surface area contributed by atoms with Crippen molar-refractivity contribution in [3.8, 4) is 0 Å². The summed E-state index contributed by atoms with van der Waals surface area (Å²) in [5.41, 5.74) is 6.59. The summed E-state index contributed by atoms with van der Waals surface area (Å²) in [6.07, 6.45) is 2.18. The first-order valence-electron chi connectivity index (χ1n) is 7.32. The Hall–Kier alpha value is -1.23. The number of fused-ring (bicyclic) bond motifs is 2. The summed E-state index contributed by atoms with van der Waals surface area (Å²) in [6, 6.07) is 10.6. The van der Waals surface area contributed by atoms with Crippen molar-refractivity contribution < 1.29 is 4.21 Å². The van der Waals surface area contributed by atoms with E-state index in [1.54, 1.807) is 11.3 Å². The number of hydrogen-bond acceptors (Lipinski definition) is 3. The Morgan fingerprint density at radius 2 is 1.86 bits per heavy atom. The summed E-state index contributed by atoms with van der Waals surface area (Å²) in [6.45, 7) is 2.09. The standard InChI is InChI=1S/C17H17NOS2/c19-21-11-13-3-1-2-4-14(13)16(12-5-8-18-9-6-12)15-7-10-20-17(15)21/h1-4,7,10,18H,5-6,8-9,11H2. The van der Waals surface area contributed by atoms with Gasteiger partial charge in [0.1, 0.15) is 0 Å². The van der Waals surface area contributed by atoms with Gasteiger partial charge in [0, 0.05) is 5.56 Å². The maximum Gasteiger partial charge on any atom is 0.0992 e. The van der Waals surface area contributed by atoms with Crippen LogP contribution in [0, 0.1) is 0 Å². The monoisotopic (exact) mass is 315 g/mol. The van der Waals surface area contributed by atoms with Gasteiger partial charge in [-0.05, 0) is 54.1 Å². The van der Waals surface area contributed by atoms with E-state index in [4.69, 9.17) is 0 Å². The maximum atomic E-state index is 12.6. The molecule has 1 saturated heterocycles. The summed E-state index contributed by atoms with van der Waals surface area (Å²) in [7, 11) is -0.919. The highest BCUT2D eigenvalue weighted by atomic mass is 32.2. The molecule has 1 aromatic carbocycles. The molecule has 1 fully saturated rings. The summed E-state index contributed by atoms with van der Waals surface area (Å²) in [5.74, 6) is 0.638. The number of benzene rings is 1. The number of piperidine rings is 1. The van der Waals surface area contributed by atoms with E-state index in [1.165, 1.54) is 27.8 Å². The summed E-state index contributed by atoms with van der Waals surface area (Å²) >= 11 is 1.64. The molecule has 1 N–H and O–H groups in total. The first kappa shape index (κ1) is 13.4. The molecule has 1 aromatic heterocycles. The minimum Gasteiger partial charge on any atom is -0.316 e. The third-order valence-electron chi connectivity index (χ3n) is 4.24. The minimum absolute atomic E-state index is 0.638. The predicted molar refractivity (Wildman–Crippen MR) is 89.0 cm³/mol. The lowest BCUT2D eigenvalue weighted by molar-refractivity contribution is 0.611. The molecule has 2 nitrogen and oxygen atoms in total. The number of hydrogen-bond donors (Lipinski definition) is 1. The van der Waals surface area contributed by atoms with E-state index in [2.05, 4.69) is 41.0 Å². The SMILES string of the molecule is O=S1Cc2ccccc2C(=C2CCNCC2)c2ccsc21. The molecule has 2 aliphatic heterocycles. The van der Waals surface area contributed by atoms with Crippen LogP contribution in [0.15, 0.2) is 45.5 Å². The van der Waals surface area contributed by atoms with E-state index in [0.29, 0.717) is 5.75 Å². The van der Waals surface area contributed by atoms with Crippen molar-refractivity contribution in [3.63, 3.8) is 0 Å². The fraction of sp³-hybridized carbons (Fsp3) is 0.294. The predicted octanol–water partition coefficient (Wildman–Crippen LogP) is 3.55. The summed E-state index contributed by atoms with van der Waals surface area (Å²) < 4.78 is 13.7. The van der Waals surface area contributed by atoms with Crippen molar-refractivity contribution in [1.82, 2.24) is 5.32 Å². The normalized spacial score (nSPS) is 21.6. The van der Waals surface area contributed by atoms with E-state index < -0.39 is 10.8 Å². The van der Waals surface area contributed by atoms with Gasteiger partial charge in [0.15, 0.2) is 0 Å². The molecule has 2 aromatic rings. The number of thiophene rings is 1. The van der Waals surface area contributed by atoms with Gasteiger partial charge in [0.05, 0.1) is 20.8 Å². The maximum absolute atomic E-state index is 12.6. The van der Waals surface area contributed by atoms with Gasteiger partial charge >= 0.3 is 0 Å². The number of rotatable bonds is 0. The molecule has 0 bridgehead atoms. The average molecular weight is 315 g/mol. The van der Waals surface area contributed by atoms with Crippen molar-refractivity contribution >= 4 is 27.7 Å². The van der Waals surface area contributed by atoms with Crippen LogP contribution >= 0.6 is 11.3 Å². The smallest absolute Gasteiger partial charge is 0.0992 e. The quantitative estimate of drug-likeness (QED) is 0.805. The fourth-order valence-electron chi connectivity index (χ4n) is 3.26. The highest BCUT2D eigenvalue weighted by molar-refractivity contribution is 7.86. The second kappa shape index (κ2) is 5.52. The summed E-state index contributed by atoms with van der Waals surface area (Å²) in [5, 5.41) is 5.51. The molecule has 4 heteroatoms. The third-order valence-corrected chi connectivity index (χ3v) is 7.00. The second-order valence-electron chi connectivity index (χ2n) is 5.50. The van der Waals surface area contributed by atoms with E-state index in [1.807, 2.05) is 0 Å². The topological polar surface area (TPSA) is 29.1 Å². The molecule has 0 spiro atoms. The molecular weight excluding hydrogens is 298 g/mol. The van der Waals surface area contributed by atoms with Crippen LogP contribution < -0.4 is 5.32 Å². The molecule has 108 valence electrons. The van der Waals surface area contributed by atoms with Crippen molar-refractivity contribution in [2.75, 3.05) is 13.1 Å². The Kier molecular flexibility index (Phi) is 3.53. The molecule has 0 aliphatic carbocycles. The van der Waals surface area contributed by atoms with E-state index in [9.17, 15) is 4.21 Å². The van der Waals surface area contributed by atoms with Crippen molar-refractivity contribution in [3.05, 3.63) is 58.0 Å². The van der Waals surface area contributed by atoms with Gasteiger partial charge in [-0.3, -0.25) is 4.21 Å². The van der Waals surface area contributed by atoms with Crippen LogP contribution in [0.5, 0.6) is 0 Å². The number of nitrogens with one attached hydrogen (secondary N) is 1. The summed E-state index contributed by atoms with van der Waals surface area (Å²) in [4.78, 5) is 0. The molecule has 21 heavy (non-hydrogen) atoms. The molecule has 1 unspecified atom stereocenters. The molecule has 2 aliphatic rings. The van der Waals surface area contributed by atoms with Gasteiger partial charge in [-0.15, -0.1) is 11.3 Å². The molecule has 0 radical (unpaired) electrons. The lowest BCUT2D eigenvalue weighted by Crippen LogP contribution is -2.23. The van der Waals surface area contributed by atoms with Crippen LogP contribution in [0.2, 0.25) is 0 Å². The highest BCUT2D eigenvalue weighted by Crippen LogP contribution is 2.41. The highest BCUT2D eigenvalue weighted by Gasteiger charge is 2.26. The Balaban J connectivity index is 2.01. The van der Waals surface area contributed by atoms with Gasteiger partial charge < -0.3 is 5.32 Å². The minimum atomic E-state index is -0.919. The van der Waals surface area contributed by atoms with Crippen LogP contribution in [0.4, 0.5) is 0 Å². The fourth-order valence-corrected chi connectivity index (χ4v) is 5.74. The van der Waals surface area contributed by atoms with Crippen LogP contribution in [-0.2, 0) is 16.6 Å². The Labute approximate surface area is 131 Å². The first-order valence-corrected chi connectivity index (χ1v) is 9.52. The zero-order valence-corrected chi connectivity index (χ0v) is 13.4. The zero-order chi connectivity index (χ0) is 14.2. The van der Waals surface area contributed by atoms with Gasteiger partial charge in [-0.25, -0.2) is 0 Å². The zero-order valence-electron chi connectivity index (χ0n) is 11.7. The average Bonchev–Trinajstić information content (AvgIpc) is 2.96. The van der Waals surface area contributed by atoms with Crippen LogP contribution in [0.3, 0.4) is 0 Å². The first-order chi connectivity index (χ1) is 10.3. The van der Waals surface area contributed by atoms with E-state index in [0.717, 1.165) is 30.1 Å². The lowest BCUT2D eigenvalue weighted by Gasteiger charge is -2.21. The molecule has 0 amide bonds. The van der Waals surface area contributed by atoms with E-state index >= 15 is 0 Å². The molecular formula is C17H17NOS2. The Morgan fingerprint density at radius 1 is 1.05 bits per heavy atom. The van der Waals surface area contributed by atoms with Gasteiger partial charge in [-0.1, -0.05) is 29.8 Å². The van der Waals surface area contributed by atoms with Crippen molar-refractivity contribution in [2.24, 2.45) is 0 Å². The van der Waals surface area contributed by atoms with E-state index in [-0.39, 0.29) is 0 Å². The molecule has 1 atom stereocenters. The molecule has 4 rings (SSSR count).